The number of nitrogens with zero attached hydrogens (tertiary/aromatic N) is 5. The van der Waals surface area contributed by atoms with E-state index in [2.05, 4.69) is 51.7 Å². The molecule has 0 aromatic carbocycles. The van der Waals surface area contributed by atoms with Gasteiger partial charge < -0.3 is 9.30 Å². The Labute approximate surface area is 183 Å². The summed E-state index contributed by atoms with van der Waals surface area (Å²) in [6.45, 7) is 5.47. The Balaban J connectivity index is 1.53. The van der Waals surface area contributed by atoms with E-state index in [0.717, 1.165) is 61.5 Å². The van der Waals surface area contributed by atoms with E-state index in [4.69, 9.17) is 4.98 Å². The van der Waals surface area contributed by atoms with Gasteiger partial charge in [0, 0.05) is 32.0 Å². The van der Waals surface area contributed by atoms with E-state index in [1.54, 1.807) is 0 Å². The predicted molar refractivity (Wildman–Crippen MR) is 121 cm³/mol. The molecule has 6 heteroatoms. The third-order valence-electron chi connectivity index (χ3n) is 6.79. The van der Waals surface area contributed by atoms with Crippen LogP contribution in [0.15, 0.2) is 42.7 Å². The zero-order chi connectivity index (χ0) is 21.2. The Bertz CT molecular complexity index is 1050. The van der Waals surface area contributed by atoms with Crippen LogP contribution >= 0.6 is 0 Å². The first-order valence-corrected chi connectivity index (χ1v) is 11.6. The molecular weight excluding hydrogens is 386 g/mol. The molecule has 0 spiro atoms. The molecule has 1 unspecified atom stereocenters. The van der Waals surface area contributed by atoms with Crippen LogP contribution in [0.3, 0.4) is 0 Å². The van der Waals surface area contributed by atoms with Crippen LogP contribution in [-0.4, -0.2) is 49.7 Å². The normalized spacial score (nSPS) is 20.3. The SMILES string of the molecule is Cc1cccn2c(CN3CCCCC3c3ccccn3)c(C(=O)N3CCCCC3)nc12. The van der Waals surface area contributed by atoms with E-state index in [1.807, 2.05) is 17.2 Å². The van der Waals surface area contributed by atoms with Crippen LogP contribution in [0.5, 0.6) is 0 Å². The maximum absolute atomic E-state index is 13.5. The fraction of sp³-hybridized carbons (Fsp3) is 0.480. The summed E-state index contributed by atoms with van der Waals surface area (Å²) in [6, 6.07) is 10.6. The van der Waals surface area contributed by atoms with Gasteiger partial charge in [0.1, 0.15) is 5.65 Å². The van der Waals surface area contributed by atoms with Gasteiger partial charge in [-0.25, -0.2) is 4.98 Å². The number of imidazole rings is 1. The number of amides is 1. The average Bonchev–Trinajstić information content (AvgIpc) is 3.20. The summed E-state index contributed by atoms with van der Waals surface area (Å²) < 4.78 is 2.14. The summed E-state index contributed by atoms with van der Waals surface area (Å²) in [5.41, 5.74) is 4.75. The number of aromatic nitrogens is 3. The number of likely N-dealkylation sites (tertiary alicyclic amines) is 2. The Kier molecular flexibility index (Phi) is 5.72. The van der Waals surface area contributed by atoms with Crippen LogP contribution < -0.4 is 0 Å². The molecule has 1 amide bonds. The Morgan fingerprint density at radius 3 is 2.68 bits per heavy atom. The molecule has 3 aromatic rings. The molecule has 5 rings (SSSR count). The van der Waals surface area contributed by atoms with E-state index in [0.29, 0.717) is 12.2 Å². The number of hydrogen-bond acceptors (Lipinski definition) is 4. The van der Waals surface area contributed by atoms with Crippen molar-refractivity contribution in [1.29, 1.82) is 0 Å². The summed E-state index contributed by atoms with van der Waals surface area (Å²) in [5.74, 6) is 0.0872. The topological polar surface area (TPSA) is 53.7 Å². The maximum Gasteiger partial charge on any atom is 0.274 e. The number of aryl methyl sites for hydroxylation is 1. The highest BCUT2D eigenvalue weighted by Gasteiger charge is 2.30. The highest BCUT2D eigenvalue weighted by Crippen LogP contribution is 2.32. The molecule has 0 radical (unpaired) electrons. The van der Waals surface area contributed by atoms with E-state index in [9.17, 15) is 4.79 Å². The lowest BCUT2D eigenvalue weighted by Gasteiger charge is -2.35. The molecule has 2 saturated heterocycles. The quantitative estimate of drug-likeness (QED) is 0.632. The summed E-state index contributed by atoms with van der Waals surface area (Å²) in [6.07, 6.45) is 10.8. The number of rotatable bonds is 4. The van der Waals surface area contributed by atoms with Crippen LogP contribution in [-0.2, 0) is 6.54 Å². The molecule has 1 atom stereocenters. The van der Waals surface area contributed by atoms with Crippen molar-refractivity contribution in [2.45, 2.75) is 58.0 Å². The minimum atomic E-state index is 0.0872. The van der Waals surface area contributed by atoms with Crippen LogP contribution in [0.25, 0.3) is 5.65 Å². The third kappa shape index (κ3) is 3.97. The van der Waals surface area contributed by atoms with Gasteiger partial charge in [-0.15, -0.1) is 0 Å². The highest BCUT2D eigenvalue weighted by atomic mass is 16.2. The zero-order valence-electron chi connectivity index (χ0n) is 18.3. The van der Waals surface area contributed by atoms with Gasteiger partial charge in [-0.05, 0) is 69.3 Å². The standard InChI is InChI=1S/C25H31N5O/c1-19-10-9-17-30-22(23(27-24(19)30)25(31)28-14-6-2-7-15-28)18-29-16-8-4-12-21(29)20-11-3-5-13-26-20/h3,5,9-11,13,17,21H,2,4,6-8,12,14-16,18H2,1H3. The minimum Gasteiger partial charge on any atom is -0.337 e. The monoisotopic (exact) mass is 417 g/mol. The second kappa shape index (κ2) is 8.79. The molecule has 0 saturated carbocycles. The van der Waals surface area contributed by atoms with E-state index in [1.165, 1.54) is 19.3 Å². The van der Waals surface area contributed by atoms with Crippen molar-refractivity contribution in [2.24, 2.45) is 0 Å². The second-order valence-electron chi connectivity index (χ2n) is 8.88. The summed E-state index contributed by atoms with van der Waals surface area (Å²) in [7, 11) is 0. The van der Waals surface area contributed by atoms with Crippen molar-refractivity contribution in [3.05, 3.63) is 65.4 Å². The van der Waals surface area contributed by atoms with Crippen LogP contribution in [0.2, 0.25) is 0 Å². The minimum absolute atomic E-state index is 0.0872. The van der Waals surface area contributed by atoms with Crippen LogP contribution in [0, 0.1) is 6.92 Å². The summed E-state index contributed by atoms with van der Waals surface area (Å²) in [5, 5.41) is 0. The Morgan fingerprint density at radius 1 is 1.03 bits per heavy atom. The van der Waals surface area contributed by atoms with E-state index in [-0.39, 0.29) is 11.9 Å². The number of piperidine rings is 2. The largest absolute Gasteiger partial charge is 0.337 e. The van der Waals surface area contributed by atoms with Crippen molar-refractivity contribution >= 4 is 11.6 Å². The fourth-order valence-electron chi connectivity index (χ4n) is 5.10. The Morgan fingerprint density at radius 2 is 1.87 bits per heavy atom. The fourth-order valence-corrected chi connectivity index (χ4v) is 5.10. The molecular formula is C25H31N5O. The van der Waals surface area contributed by atoms with Gasteiger partial charge in [0.2, 0.25) is 0 Å². The molecule has 0 aliphatic carbocycles. The predicted octanol–water partition coefficient (Wildman–Crippen LogP) is 4.39. The Hall–Kier alpha value is -2.73. The molecule has 31 heavy (non-hydrogen) atoms. The molecule has 0 bridgehead atoms. The highest BCUT2D eigenvalue weighted by molar-refractivity contribution is 5.94. The number of fused-ring (bicyclic) bond motifs is 1. The van der Waals surface area contributed by atoms with E-state index < -0.39 is 0 Å². The zero-order valence-corrected chi connectivity index (χ0v) is 18.3. The van der Waals surface area contributed by atoms with Crippen molar-refractivity contribution in [3.63, 3.8) is 0 Å². The lowest BCUT2D eigenvalue weighted by molar-refractivity contribution is 0.0713. The van der Waals surface area contributed by atoms with Gasteiger partial charge in [0.15, 0.2) is 5.69 Å². The van der Waals surface area contributed by atoms with E-state index >= 15 is 0 Å². The smallest absolute Gasteiger partial charge is 0.274 e. The summed E-state index contributed by atoms with van der Waals surface area (Å²) >= 11 is 0. The summed E-state index contributed by atoms with van der Waals surface area (Å²) in [4.78, 5) is 27.5. The first-order valence-electron chi connectivity index (χ1n) is 11.6. The average molecular weight is 418 g/mol. The third-order valence-corrected chi connectivity index (χ3v) is 6.79. The molecule has 2 aliphatic heterocycles. The van der Waals surface area contributed by atoms with Gasteiger partial charge >= 0.3 is 0 Å². The van der Waals surface area contributed by atoms with Crippen LogP contribution in [0.1, 0.15) is 72.0 Å². The van der Waals surface area contributed by atoms with Gasteiger partial charge in [-0.3, -0.25) is 14.7 Å². The van der Waals surface area contributed by atoms with Crippen molar-refractivity contribution in [1.82, 2.24) is 24.2 Å². The molecule has 3 aromatic heterocycles. The van der Waals surface area contributed by atoms with Crippen LogP contribution in [0.4, 0.5) is 0 Å². The molecule has 6 nitrogen and oxygen atoms in total. The van der Waals surface area contributed by atoms with Crippen molar-refractivity contribution in [2.75, 3.05) is 19.6 Å². The number of hydrogen-bond donors (Lipinski definition) is 0. The van der Waals surface area contributed by atoms with Gasteiger partial charge in [-0.2, -0.15) is 0 Å². The first-order chi connectivity index (χ1) is 15.2. The molecule has 162 valence electrons. The number of pyridine rings is 2. The molecule has 2 fully saturated rings. The van der Waals surface area contributed by atoms with Gasteiger partial charge in [-0.1, -0.05) is 18.6 Å². The van der Waals surface area contributed by atoms with Gasteiger partial charge in [0.05, 0.1) is 17.4 Å². The second-order valence-corrected chi connectivity index (χ2v) is 8.88. The number of carbonyl (C=O) groups excluding carboxylic acids is 1. The molecule has 0 N–H and O–H groups in total. The lowest BCUT2D eigenvalue weighted by atomic mass is 9.98. The molecule has 5 heterocycles. The maximum atomic E-state index is 13.5. The lowest BCUT2D eigenvalue weighted by Crippen LogP contribution is -2.38. The first kappa shape index (κ1) is 20.2. The number of carbonyl (C=O) groups is 1. The van der Waals surface area contributed by atoms with Crippen molar-refractivity contribution in [3.8, 4) is 0 Å². The molecule has 2 aliphatic rings. The van der Waals surface area contributed by atoms with Crippen molar-refractivity contribution < 1.29 is 4.79 Å². The van der Waals surface area contributed by atoms with Gasteiger partial charge in [0.25, 0.3) is 5.91 Å².